The Bertz CT molecular complexity index is 843. The summed E-state index contributed by atoms with van der Waals surface area (Å²) in [5.74, 6) is -0.641. The normalized spacial score (nSPS) is 12.2. The zero-order valence-electron chi connectivity index (χ0n) is 15.4. The van der Waals surface area contributed by atoms with Crippen molar-refractivity contribution in [1.29, 1.82) is 0 Å². The summed E-state index contributed by atoms with van der Waals surface area (Å²) in [6, 6.07) is 10.4. The topological polar surface area (TPSA) is 84.7 Å². The van der Waals surface area contributed by atoms with Gasteiger partial charge >= 0.3 is 12.4 Å². The Morgan fingerprint density at radius 1 is 1.14 bits per heavy atom. The van der Waals surface area contributed by atoms with Crippen LogP contribution >= 0.6 is 11.6 Å². The molecule has 0 radical (unpaired) electrons. The van der Waals surface area contributed by atoms with Crippen LogP contribution in [0.25, 0.3) is 0 Å². The maximum absolute atomic E-state index is 12.6. The molecular formula is C19H19ClF3N3O3. The number of primary amides is 1. The second kappa shape index (κ2) is 9.51. The lowest BCUT2D eigenvalue weighted by atomic mass is 10.0. The number of ether oxygens (including phenoxy) is 1. The molecule has 0 aliphatic rings. The molecule has 0 heterocycles. The second-order valence-corrected chi connectivity index (χ2v) is 6.69. The third-order valence-corrected chi connectivity index (χ3v) is 4.22. The number of hydrogen-bond donors (Lipinski definition) is 2. The molecule has 0 fully saturated rings. The quantitative estimate of drug-likeness (QED) is 0.697. The highest BCUT2D eigenvalue weighted by atomic mass is 35.5. The van der Waals surface area contributed by atoms with E-state index in [-0.39, 0.29) is 24.6 Å². The molecule has 2 rings (SSSR count). The number of benzene rings is 2. The van der Waals surface area contributed by atoms with Gasteiger partial charge in [-0.3, -0.25) is 4.79 Å². The highest BCUT2D eigenvalue weighted by Crippen LogP contribution is 2.24. The monoisotopic (exact) mass is 429 g/mol. The molecule has 3 amide bonds. The molecule has 2 aromatic rings. The van der Waals surface area contributed by atoms with E-state index >= 15 is 0 Å². The van der Waals surface area contributed by atoms with Crippen molar-refractivity contribution in [1.82, 2.24) is 10.2 Å². The molecule has 6 nitrogen and oxygen atoms in total. The number of amides is 3. The van der Waals surface area contributed by atoms with Gasteiger partial charge in [-0.05, 0) is 35.4 Å². The molecule has 0 aliphatic carbocycles. The Morgan fingerprint density at radius 3 is 2.24 bits per heavy atom. The number of urea groups is 1. The van der Waals surface area contributed by atoms with Gasteiger partial charge in [0.15, 0.2) is 0 Å². The van der Waals surface area contributed by atoms with Gasteiger partial charge < -0.3 is 20.7 Å². The van der Waals surface area contributed by atoms with Crippen molar-refractivity contribution in [2.45, 2.75) is 25.4 Å². The molecule has 0 aliphatic heterocycles. The van der Waals surface area contributed by atoms with Crippen LogP contribution in [0.5, 0.6) is 5.75 Å². The fraction of sp³-hybridized carbons (Fsp3) is 0.263. The number of nitrogens with two attached hydrogens (primary N) is 1. The molecule has 1 unspecified atom stereocenters. The van der Waals surface area contributed by atoms with Crippen LogP contribution in [0.4, 0.5) is 18.0 Å². The summed E-state index contributed by atoms with van der Waals surface area (Å²) in [6.45, 7) is 0.162. The summed E-state index contributed by atoms with van der Waals surface area (Å²) < 4.78 is 40.4. The number of halogens is 4. The lowest BCUT2D eigenvalue weighted by Crippen LogP contribution is -2.37. The standard InChI is InChI=1S/C19H19ClF3N3O3/c1-26(11-12-2-8-15(9-3-12)29-19(21,22)23)17(27)10-16(25-18(24)28)13-4-6-14(20)7-5-13/h2-9,16H,10-11H2,1H3,(H3,24,25,28). The number of hydrogen-bond acceptors (Lipinski definition) is 3. The van der Waals surface area contributed by atoms with Gasteiger partial charge in [0, 0.05) is 18.6 Å². The Morgan fingerprint density at radius 2 is 1.72 bits per heavy atom. The van der Waals surface area contributed by atoms with Gasteiger partial charge in [0.2, 0.25) is 5.91 Å². The van der Waals surface area contributed by atoms with E-state index in [9.17, 15) is 22.8 Å². The van der Waals surface area contributed by atoms with Gasteiger partial charge in [-0.1, -0.05) is 35.9 Å². The van der Waals surface area contributed by atoms with Gasteiger partial charge in [-0.15, -0.1) is 13.2 Å². The molecule has 29 heavy (non-hydrogen) atoms. The minimum Gasteiger partial charge on any atom is -0.406 e. The van der Waals surface area contributed by atoms with E-state index in [2.05, 4.69) is 10.1 Å². The first-order chi connectivity index (χ1) is 13.5. The molecule has 1 atom stereocenters. The average molecular weight is 430 g/mol. The smallest absolute Gasteiger partial charge is 0.406 e. The SMILES string of the molecule is CN(Cc1ccc(OC(F)(F)F)cc1)C(=O)CC(NC(N)=O)c1ccc(Cl)cc1. The van der Waals surface area contributed by atoms with Crippen molar-refractivity contribution < 1.29 is 27.5 Å². The van der Waals surface area contributed by atoms with Crippen LogP contribution < -0.4 is 15.8 Å². The average Bonchev–Trinajstić information content (AvgIpc) is 2.61. The lowest BCUT2D eigenvalue weighted by molar-refractivity contribution is -0.274. The van der Waals surface area contributed by atoms with Crippen molar-refractivity contribution in [3.05, 3.63) is 64.7 Å². The summed E-state index contributed by atoms with van der Waals surface area (Å²) in [5.41, 5.74) is 6.47. The van der Waals surface area contributed by atoms with Crippen LogP contribution in [0.3, 0.4) is 0 Å². The number of carbonyl (C=O) groups is 2. The first-order valence-electron chi connectivity index (χ1n) is 8.43. The Balaban J connectivity index is 2.01. The van der Waals surface area contributed by atoms with E-state index in [1.54, 1.807) is 31.3 Å². The van der Waals surface area contributed by atoms with Crippen LogP contribution in [0.15, 0.2) is 48.5 Å². The van der Waals surface area contributed by atoms with Crippen LogP contribution in [-0.4, -0.2) is 30.2 Å². The fourth-order valence-electron chi connectivity index (χ4n) is 2.61. The van der Waals surface area contributed by atoms with Gasteiger partial charge in [0.1, 0.15) is 5.75 Å². The molecule has 0 spiro atoms. The predicted octanol–water partition coefficient (Wildman–Crippen LogP) is 4.00. The van der Waals surface area contributed by atoms with Crippen LogP contribution in [0.1, 0.15) is 23.6 Å². The Labute approximate surface area is 170 Å². The van der Waals surface area contributed by atoms with Gasteiger partial charge in [-0.25, -0.2) is 4.79 Å². The van der Waals surface area contributed by atoms with E-state index in [4.69, 9.17) is 17.3 Å². The summed E-state index contributed by atoms with van der Waals surface area (Å²) in [7, 11) is 1.55. The largest absolute Gasteiger partial charge is 0.573 e. The van der Waals surface area contributed by atoms with Crippen molar-refractivity contribution in [2.24, 2.45) is 5.73 Å². The zero-order chi connectivity index (χ0) is 21.6. The number of nitrogens with zero attached hydrogens (tertiary/aromatic N) is 1. The number of carbonyl (C=O) groups excluding carboxylic acids is 2. The van der Waals surface area contributed by atoms with E-state index in [1.165, 1.54) is 29.2 Å². The highest BCUT2D eigenvalue weighted by molar-refractivity contribution is 6.30. The molecule has 0 saturated carbocycles. The highest BCUT2D eigenvalue weighted by Gasteiger charge is 2.31. The van der Waals surface area contributed by atoms with Gasteiger partial charge in [-0.2, -0.15) is 0 Å². The van der Waals surface area contributed by atoms with E-state index in [0.717, 1.165) is 0 Å². The second-order valence-electron chi connectivity index (χ2n) is 6.26. The van der Waals surface area contributed by atoms with E-state index in [0.29, 0.717) is 16.1 Å². The fourth-order valence-corrected chi connectivity index (χ4v) is 2.73. The zero-order valence-corrected chi connectivity index (χ0v) is 16.1. The van der Waals surface area contributed by atoms with Crippen LogP contribution in [0, 0.1) is 0 Å². The third kappa shape index (κ3) is 7.53. The summed E-state index contributed by atoms with van der Waals surface area (Å²) in [4.78, 5) is 25.3. The summed E-state index contributed by atoms with van der Waals surface area (Å²) in [6.07, 6.45) is -4.82. The number of rotatable bonds is 7. The third-order valence-electron chi connectivity index (χ3n) is 3.97. The van der Waals surface area contributed by atoms with Crippen molar-refractivity contribution in [3.63, 3.8) is 0 Å². The molecule has 3 N–H and O–H groups in total. The number of alkyl halides is 3. The predicted molar refractivity (Wildman–Crippen MR) is 101 cm³/mol. The van der Waals surface area contributed by atoms with Gasteiger partial charge in [0.25, 0.3) is 0 Å². The van der Waals surface area contributed by atoms with Crippen LogP contribution in [-0.2, 0) is 11.3 Å². The lowest BCUT2D eigenvalue weighted by Gasteiger charge is -2.22. The summed E-state index contributed by atoms with van der Waals surface area (Å²) >= 11 is 5.86. The maximum Gasteiger partial charge on any atom is 0.573 e. The first kappa shape index (κ1) is 22.4. The Hall–Kier alpha value is -2.94. The maximum atomic E-state index is 12.6. The minimum absolute atomic E-state index is 0.0592. The van der Waals surface area contributed by atoms with Gasteiger partial charge in [0.05, 0.1) is 12.5 Å². The molecule has 2 aromatic carbocycles. The summed E-state index contributed by atoms with van der Waals surface area (Å²) in [5, 5.41) is 3.03. The Kier molecular flexibility index (Phi) is 7.33. The minimum atomic E-state index is -4.77. The first-order valence-corrected chi connectivity index (χ1v) is 8.81. The molecule has 10 heteroatoms. The molecule has 0 aromatic heterocycles. The van der Waals surface area contributed by atoms with E-state index < -0.39 is 18.4 Å². The van der Waals surface area contributed by atoms with Crippen molar-refractivity contribution in [3.8, 4) is 5.75 Å². The molecule has 0 bridgehead atoms. The van der Waals surface area contributed by atoms with Crippen molar-refractivity contribution in [2.75, 3.05) is 7.05 Å². The molecule has 156 valence electrons. The molecular weight excluding hydrogens is 411 g/mol. The van der Waals surface area contributed by atoms with Crippen LogP contribution in [0.2, 0.25) is 5.02 Å². The number of nitrogens with one attached hydrogen (secondary N) is 1. The molecule has 0 saturated heterocycles. The van der Waals surface area contributed by atoms with Crippen molar-refractivity contribution >= 4 is 23.5 Å². The van der Waals surface area contributed by atoms with E-state index in [1.807, 2.05) is 0 Å².